The average Bonchev–Trinajstić information content (AvgIpc) is 3.70. The first-order chi connectivity index (χ1) is 22.9. The molecular weight excluding hydrogens is 656 g/mol. The first kappa shape index (κ1) is 40.3. The molecular formula is C12H22N32O4. The molecule has 0 radical (unpaired) electrons. The van der Waals surface area contributed by atoms with Gasteiger partial charge in [0.1, 0.15) is 33.0 Å². The van der Waals surface area contributed by atoms with Crippen LogP contribution in [0.3, 0.4) is 0 Å². The van der Waals surface area contributed by atoms with Gasteiger partial charge in [-0.2, -0.15) is 0 Å². The number of nitrogens with zero attached hydrogens (tertiary/aromatic N) is 30. The Morgan fingerprint density at radius 1 is 0.604 bits per heavy atom. The Kier molecular flexibility index (Phi) is 19.2. The van der Waals surface area contributed by atoms with Crippen LogP contribution in [-0.4, -0.2) is 101 Å². The van der Waals surface area contributed by atoms with Crippen molar-refractivity contribution < 1.29 is 21.5 Å². The second-order valence-electron chi connectivity index (χ2n) is 8.41. The third-order valence-corrected chi connectivity index (χ3v) is 4.71. The fraction of sp³-hybridized carbons (Fsp3) is 0.833. The van der Waals surface area contributed by atoms with Crippen LogP contribution in [0.25, 0.3) is 73.5 Å². The van der Waals surface area contributed by atoms with Crippen molar-refractivity contribution in [3.05, 3.63) is 93.7 Å². The molecule has 0 aliphatic rings. The van der Waals surface area contributed by atoms with Gasteiger partial charge in [-0.25, -0.2) is 30.4 Å². The van der Waals surface area contributed by atoms with Crippen LogP contribution in [0.1, 0.15) is 0 Å². The van der Waals surface area contributed by atoms with E-state index in [0.717, 1.165) is 9.36 Å². The van der Waals surface area contributed by atoms with E-state index in [-0.39, 0.29) is 64.3 Å². The molecule has 0 saturated heterocycles. The van der Waals surface area contributed by atoms with Gasteiger partial charge in [0.2, 0.25) is 0 Å². The van der Waals surface area contributed by atoms with Crippen molar-refractivity contribution in [1.29, 1.82) is 0 Å². The van der Waals surface area contributed by atoms with E-state index in [1.807, 2.05) is 0 Å². The van der Waals surface area contributed by atoms with Crippen LogP contribution in [0.2, 0.25) is 0 Å². The largest absolute Gasteiger partial charge is 0.352 e. The predicted octanol–water partition coefficient (Wildman–Crippen LogP) is 0.550. The normalized spacial score (nSPS) is 11.6. The van der Waals surface area contributed by atoms with Gasteiger partial charge in [0.05, 0.1) is 39.3 Å². The zero-order chi connectivity index (χ0) is 36.3. The first-order valence-electron chi connectivity index (χ1n) is 11.9. The highest BCUT2D eigenvalue weighted by Crippen LogP contribution is 2.14. The quantitative estimate of drug-likeness (QED) is 0.0682. The lowest BCUT2D eigenvalue weighted by Crippen LogP contribution is -2.77. The summed E-state index contributed by atoms with van der Waals surface area (Å²) in [6, 6.07) is 0. The molecule has 0 aliphatic heterocycles. The third kappa shape index (κ3) is 17.4. The molecule has 36 heteroatoms. The van der Waals surface area contributed by atoms with Crippen molar-refractivity contribution in [2.24, 2.45) is 30.7 Å². The Labute approximate surface area is 262 Å². The van der Waals surface area contributed by atoms with Gasteiger partial charge < -0.3 is 20.8 Å². The smallest absolute Gasteiger partial charge is 0.127 e. The maximum Gasteiger partial charge on any atom is 0.127 e. The molecule has 0 bridgehead atoms. The number of aromatic nitrogens is 8. The van der Waals surface area contributed by atoms with E-state index in [1.54, 1.807) is 0 Å². The van der Waals surface area contributed by atoms with Gasteiger partial charge in [0.15, 0.2) is 0 Å². The number of hydrogen-bond acceptors (Lipinski definition) is 16. The summed E-state index contributed by atoms with van der Waals surface area (Å²) in [5.41, 5.74) is 60.2. The minimum absolute atomic E-state index is 0.00491. The SMILES string of the molecule is O=[N+]([O-])[N-]c1nnnn1CCn1nnnc1[N-][N+](=O)[O-].[N-]=[N+]=NCC([NH3+])(CN=[N+]=[N-])CN=[N+]=[N-].[N-]=[N+]=NCC([NH3+])(CN=[N+]=[N-])CN=[N+]=[N-]. The van der Waals surface area contributed by atoms with Crippen molar-refractivity contribution in [2.75, 3.05) is 39.3 Å². The minimum Gasteiger partial charge on any atom is -0.352 e. The second kappa shape index (κ2) is 22.8. The number of nitro groups is 2. The molecule has 0 amide bonds. The standard InChI is InChI=1S/C4H4N12O4.2C4H8N10/c17-15(18)7-3-5-9-11-13(3)1-2-14-4(6-10-12-14)8-16(19)20;2*5-4(1-9-12-6,2-10-13-7)3-11-14-8/h1-2H2;2*1-3,5H2/q-2;;/p+2. The molecule has 2 rings (SSSR count). The zero-order valence-electron chi connectivity index (χ0n) is 24.1. The van der Waals surface area contributed by atoms with Crippen LogP contribution in [0.5, 0.6) is 0 Å². The highest BCUT2D eigenvalue weighted by atomic mass is 16.7. The Balaban J connectivity index is 0.000000712. The molecule has 0 saturated carbocycles. The molecule has 48 heavy (non-hydrogen) atoms. The Morgan fingerprint density at radius 2 is 0.854 bits per heavy atom. The lowest BCUT2D eigenvalue weighted by atomic mass is 10.0. The first-order valence-corrected chi connectivity index (χ1v) is 11.9. The molecule has 0 atom stereocenters. The molecule has 0 spiro atoms. The predicted molar refractivity (Wildman–Crippen MR) is 151 cm³/mol. The second-order valence-corrected chi connectivity index (χ2v) is 8.41. The van der Waals surface area contributed by atoms with Gasteiger partial charge >= 0.3 is 0 Å². The van der Waals surface area contributed by atoms with Crippen LogP contribution in [-0.2, 0) is 13.1 Å². The van der Waals surface area contributed by atoms with Gasteiger partial charge in [-0.05, 0) is 33.2 Å². The number of hydrogen-bond donors (Lipinski definition) is 2. The fourth-order valence-electron chi connectivity index (χ4n) is 2.56. The summed E-state index contributed by atoms with van der Waals surface area (Å²) in [5, 5.41) is 58.4. The topological polar surface area (TPSA) is 550 Å². The summed E-state index contributed by atoms with van der Waals surface area (Å²) in [6.45, 7) is 0.102. The van der Waals surface area contributed by atoms with Crippen LogP contribution in [0, 0.1) is 20.2 Å². The van der Waals surface area contributed by atoms with Crippen molar-refractivity contribution in [2.45, 2.75) is 24.2 Å². The Bertz CT molecular complexity index is 1400. The highest BCUT2D eigenvalue weighted by Gasteiger charge is 2.27. The monoisotopic (exact) mass is 678 g/mol. The van der Waals surface area contributed by atoms with E-state index in [2.05, 4.69) is 114 Å². The molecule has 2 aromatic rings. The molecule has 2 aromatic heterocycles. The lowest BCUT2D eigenvalue weighted by molar-refractivity contribution is -0.466. The molecule has 254 valence electrons. The summed E-state index contributed by atoms with van der Waals surface area (Å²) in [5.74, 6) is -0.647. The number of aryl methyl sites for hydroxylation is 2. The van der Waals surface area contributed by atoms with Crippen molar-refractivity contribution in [1.82, 2.24) is 40.4 Å². The maximum atomic E-state index is 10.2. The van der Waals surface area contributed by atoms with E-state index < -0.39 is 21.1 Å². The van der Waals surface area contributed by atoms with Gasteiger partial charge in [0, 0.05) is 42.6 Å². The molecule has 2 heterocycles. The van der Waals surface area contributed by atoms with E-state index in [9.17, 15) is 20.2 Å². The maximum absolute atomic E-state index is 10.2. The zero-order valence-corrected chi connectivity index (χ0v) is 24.1. The summed E-state index contributed by atoms with van der Waals surface area (Å²) in [6.07, 6.45) is 0. The summed E-state index contributed by atoms with van der Waals surface area (Å²) in [7, 11) is 0. The average molecular weight is 679 g/mol. The molecule has 6 N–H and O–H groups in total. The van der Waals surface area contributed by atoms with Crippen LogP contribution >= 0.6 is 0 Å². The Morgan fingerprint density at radius 3 is 1.06 bits per heavy atom. The molecule has 0 unspecified atom stereocenters. The number of rotatable bonds is 19. The lowest BCUT2D eigenvalue weighted by Gasteiger charge is -2.18. The molecule has 0 aliphatic carbocycles. The van der Waals surface area contributed by atoms with Crippen LogP contribution in [0.15, 0.2) is 30.7 Å². The van der Waals surface area contributed by atoms with E-state index in [0.29, 0.717) is 0 Å². The van der Waals surface area contributed by atoms with E-state index in [1.165, 1.54) is 0 Å². The summed E-state index contributed by atoms with van der Waals surface area (Å²) in [4.78, 5) is 35.8. The number of quaternary nitrogens is 2. The van der Waals surface area contributed by atoms with Gasteiger partial charge in [-0.15, -0.1) is 20.9 Å². The van der Waals surface area contributed by atoms with Gasteiger partial charge in [0.25, 0.3) is 0 Å². The van der Waals surface area contributed by atoms with Crippen molar-refractivity contribution in [3.8, 4) is 0 Å². The highest BCUT2D eigenvalue weighted by molar-refractivity contribution is 5.24. The minimum atomic E-state index is -0.952. The van der Waals surface area contributed by atoms with Crippen molar-refractivity contribution >= 4 is 11.9 Å². The Hall–Kier alpha value is -7.68. The fourth-order valence-corrected chi connectivity index (χ4v) is 2.56. The number of tetrazole rings is 2. The van der Waals surface area contributed by atoms with E-state index in [4.69, 9.17) is 33.2 Å². The third-order valence-electron chi connectivity index (χ3n) is 4.71. The molecule has 0 fully saturated rings. The molecule has 36 nitrogen and oxygen atoms in total. The molecule has 0 aromatic carbocycles. The summed E-state index contributed by atoms with van der Waals surface area (Å²) >= 11 is 0. The van der Waals surface area contributed by atoms with Crippen LogP contribution in [0.4, 0.5) is 11.9 Å². The number of azide groups is 6. The van der Waals surface area contributed by atoms with E-state index >= 15 is 0 Å². The summed E-state index contributed by atoms with van der Waals surface area (Å²) < 4.78 is 2.03. The van der Waals surface area contributed by atoms with Crippen LogP contribution < -0.4 is 11.5 Å². The van der Waals surface area contributed by atoms with Gasteiger partial charge in [-0.3, -0.25) is 0 Å². The van der Waals surface area contributed by atoms with Crippen molar-refractivity contribution in [3.63, 3.8) is 0 Å². The van der Waals surface area contributed by atoms with Gasteiger partial charge in [-0.1, -0.05) is 41.5 Å².